The quantitative estimate of drug-likeness (QED) is 0.537. The Morgan fingerprint density at radius 1 is 1.25 bits per heavy atom. The SMILES string of the molecule is Cc1ccccc1OC(N)=S.NC(O)=S.[Zn]. The maximum absolute atomic E-state index is 7.56. The van der Waals surface area contributed by atoms with Crippen LogP contribution in [0.25, 0.3) is 0 Å². The molecule has 0 aromatic heterocycles. The molecule has 0 bridgehead atoms. The van der Waals surface area contributed by atoms with Gasteiger partial charge in [0.2, 0.25) is 0 Å². The van der Waals surface area contributed by atoms with Crippen LogP contribution >= 0.6 is 24.4 Å². The van der Waals surface area contributed by atoms with Crippen molar-refractivity contribution < 1.29 is 29.3 Å². The third-order valence-electron chi connectivity index (χ3n) is 1.30. The molecule has 7 heteroatoms. The van der Waals surface area contributed by atoms with Crippen LogP contribution in [-0.4, -0.2) is 15.5 Å². The molecule has 0 atom stereocenters. The Morgan fingerprint density at radius 3 is 2.06 bits per heavy atom. The van der Waals surface area contributed by atoms with Crippen molar-refractivity contribution in [1.29, 1.82) is 0 Å². The Kier molecular flexibility index (Phi) is 10.4. The van der Waals surface area contributed by atoms with Crippen LogP contribution in [0.2, 0.25) is 0 Å². The maximum Gasteiger partial charge on any atom is 0.259 e. The number of thiocarbonyl (C=S) groups is 2. The number of ether oxygens (including phenoxy) is 1. The van der Waals surface area contributed by atoms with Crippen molar-refractivity contribution in [3.63, 3.8) is 0 Å². The number of aliphatic hydroxyl groups is 1. The minimum absolute atomic E-state index is 0. The predicted molar refractivity (Wildman–Crippen MR) is 68.0 cm³/mol. The molecule has 1 aromatic rings. The zero-order chi connectivity index (χ0) is 11.8. The Labute approximate surface area is 118 Å². The maximum atomic E-state index is 7.56. The van der Waals surface area contributed by atoms with E-state index in [1.807, 2.05) is 31.2 Å². The third kappa shape index (κ3) is 9.77. The van der Waals surface area contributed by atoms with E-state index in [0.29, 0.717) is 0 Å². The smallest absolute Gasteiger partial charge is 0.259 e. The number of hydrogen-bond acceptors (Lipinski definition) is 3. The van der Waals surface area contributed by atoms with E-state index in [0.717, 1.165) is 11.3 Å². The summed E-state index contributed by atoms with van der Waals surface area (Å²) in [6.45, 7) is 1.94. The van der Waals surface area contributed by atoms with E-state index in [4.69, 9.17) is 15.6 Å². The van der Waals surface area contributed by atoms with Gasteiger partial charge in [-0.2, -0.15) is 0 Å². The van der Waals surface area contributed by atoms with Crippen LogP contribution in [0.5, 0.6) is 5.75 Å². The van der Waals surface area contributed by atoms with Crippen LogP contribution in [0.1, 0.15) is 5.56 Å². The van der Waals surface area contributed by atoms with Gasteiger partial charge in [0.25, 0.3) is 10.3 Å². The minimum Gasteiger partial charge on any atom is -0.487 e. The minimum atomic E-state index is -0.500. The summed E-state index contributed by atoms with van der Waals surface area (Å²) in [4.78, 5) is 0. The molecule has 0 radical (unpaired) electrons. The summed E-state index contributed by atoms with van der Waals surface area (Å²) in [5.41, 5.74) is 10.6. The first-order chi connectivity index (χ1) is 6.93. The molecule has 5 N–H and O–H groups in total. The monoisotopic (exact) mass is 308 g/mol. The summed E-state index contributed by atoms with van der Waals surface area (Å²) in [5, 5.41) is 7.12. The topological polar surface area (TPSA) is 81.5 Å². The summed E-state index contributed by atoms with van der Waals surface area (Å²) in [5.74, 6) is 0.722. The largest absolute Gasteiger partial charge is 0.487 e. The first kappa shape index (κ1) is 17.6. The average Bonchev–Trinajstić information content (AvgIpc) is 2.07. The van der Waals surface area contributed by atoms with Gasteiger partial charge in [-0.15, -0.1) is 0 Å². The normalized spacial score (nSPS) is 7.81. The van der Waals surface area contributed by atoms with Gasteiger partial charge in [-0.25, -0.2) is 0 Å². The molecule has 0 saturated carbocycles. The van der Waals surface area contributed by atoms with Crippen molar-refractivity contribution in [2.45, 2.75) is 6.92 Å². The van der Waals surface area contributed by atoms with Crippen molar-refractivity contribution in [2.75, 3.05) is 0 Å². The summed E-state index contributed by atoms with van der Waals surface area (Å²) < 4.78 is 5.05. The number of para-hydroxylation sites is 1. The van der Waals surface area contributed by atoms with Crippen LogP contribution in [-0.2, 0) is 19.5 Å². The van der Waals surface area contributed by atoms with Crippen LogP contribution in [0, 0.1) is 6.92 Å². The van der Waals surface area contributed by atoms with Gasteiger partial charge < -0.3 is 21.3 Å². The van der Waals surface area contributed by atoms with Crippen LogP contribution < -0.4 is 16.2 Å². The van der Waals surface area contributed by atoms with Gasteiger partial charge in [0.15, 0.2) is 0 Å². The number of aliphatic hydroxyl groups excluding tert-OH is 1. The summed E-state index contributed by atoms with van der Waals surface area (Å²) in [6.07, 6.45) is 0. The Hall–Kier alpha value is -0.777. The molecule has 0 amide bonds. The molecule has 84 valence electrons. The standard InChI is InChI=1S/C8H9NOS.CH3NOS.Zn/c1-6-4-2-3-5-7(6)10-8(9)11;2-1(3)4;/h2-5H,1H3,(H2,9,11);(H3,2,3,4);. The Morgan fingerprint density at radius 2 is 1.69 bits per heavy atom. The number of rotatable bonds is 1. The van der Waals surface area contributed by atoms with E-state index >= 15 is 0 Å². The molecule has 0 spiro atoms. The van der Waals surface area contributed by atoms with E-state index in [1.165, 1.54) is 0 Å². The molecular weight excluding hydrogens is 298 g/mol. The molecule has 16 heavy (non-hydrogen) atoms. The Balaban J connectivity index is 0. The van der Waals surface area contributed by atoms with Crippen LogP contribution in [0.3, 0.4) is 0 Å². The number of aryl methyl sites for hydroxylation is 1. The molecule has 0 saturated heterocycles. The van der Waals surface area contributed by atoms with Gasteiger partial charge in [-0.05, 0) is 43.0 Å². The van der Waals surface area contributed by atoms with Crippen molar-refractivity contribution >= 4 is 34.8 Å². The van der Waals surface area contributed by atoms with Gasteiger partial charge in [-0.3, -0.25) is 0 Å². The van der Waals surface area contributed by atoms with E-state index in [1.54, 1.807) is 0 Å². The first-order valence-electron chi connectivity index (χ1n) is 3.94. The molecule has 0 aliphatic rings. The summed E-state index contributed by atoms with van der Waals surface area (Å²) >= 11 is 8.46. The van der Waals surface area contributed by atoms with Crippen molar-refractivity contribution in [3.05, 3.63) is 29.8 Å². The molecule has 0 unspecified atom stereocenters. The van der Waals surface area contributed by atoms with Crippen molar-refractivity contribution in [3.8, 4) is 5.75 Å². The first-order valence-corrected chi connectivity index (χ1v) is 4.76. The summed E-state index contributed by atoms with van der Waals surface area (Å²) in [6, 6.07) is 7.57. The summed E-state index contributed by atoms with van der Waals surface area (Å²) in [7, 11) is 0. The van der Waals surface area contributed by atoms with E-state index in [9.17, 15) is 0 Å². The van der Waals surface area contributed by atoms with Gasteiger partial charge in [0.05, 0.1) is 0 Å². The molecule has 0 fully saturated rings. The zero-order valence-corrected chi connectivity index (χ0v) is 13.4. The van der Waals surface area contributed by atoms with Crippen molar-refractivity contribution in [2.24, 2.45) is 11.5 Å². The molecular formula is C9H12N2O2S2Zn. The van der Waals surface area contributed by atoms with Crippen LogP contribution in [0.4, 0.5) is 0 Å². The second kappa shape index (κ2) is 9.45. The fourth-order valence-corrected chi connectivity index (χ4v) is 0.869. The van der Waals surface area contributed by atoms with E-state index < -0.39 is 5.17 Å². The predicted octanol–water partition coefficient (Wildman–Crippen LogP) is 1.40. The van der Waals surface area contributed by atoms with Gasteiger partial charge in [0.1, 0.15) is 5.75 Å². The van der Waals surface area contributed by atoms with Gasteiger partial charge >= 0.3 is 0 Å². The zero-order valence-electron chi connectivity index (χ0n) is 8.84. The third-order valence-corrected chi connectivity index (χ3v) is 1.39. The molecule has 0 aliphatic heterocycles. The second-order valence-electron chi connectivity index (χ2n) is 2.52. The van der Waals surface area contributed by atoms with Gasteiger partial charge in [-0.1, -0.05) is 18.2 Å². The van der Waals surface area contributed by atoms with E-state index in [-0.39, 0.29) is 24.7 Å². The average molecular weight is 310 g/mol. The van der Waals surface area contributed by atoms with Gasteiger partial charge in [0, 0.05) is 19.5 Å². The number of hydrogen-bond donors (Lipinski definition) is 3. The second-order valence-corrected chi connectivity index (χ2v) is 3.35. The van der Waals surface area contributed by atoms with E-state index in [2.05, 4.69) is 30.2 Å². The molecule has 4 nitrogen and oxygen atoms in total. The van der Waals surface area contributed by atoms with Crippen LogP contribution in [0.15, 0.2) is 24.3 Å². The fraction of sp³-hybridized carbons (Fsp3) is 0.111. The van der Waals surface area contributed by atoms with Crippen molar-refractivity contribution in [1.82, 2.24) is 0 Å². The molecule has 0 heterocycles. The number of nitrogens with two attached hydrogens (primary N) is 2. The molecule has 1 rings (SSSR count). The molecule has 1 aromatic carbocycles. The number of benzene rings is 1. The molecule has 0 aliphatic carbocycles. The fourth-order valence-electron chi connectivity index (χ4n) is 0.779. The Bertz CT molecular complexity index is 357.